The van der Waals surface area contributed by atoms with Crippen LogP contribution in [-0.2, 0) is 9.59 Å². The highest BCUT2D eigenvalue weighted by Crippen LogP contribution is 2.21. The van der Waals surface area contributed by atoms with Crippen molar-refractivity contribution in [2.24, 2.45) is 0 Å². The summed E-state index contributed by atoms with van der Waals surface area (Å²) in [6.07, 6.45) is 23.0. The fourth-order valence-corrected chi connectivity index (χ4v) is 4.97. The zero-order valence-corrected chi connectivity index (χ0v) is 21.9. The van der Waals surface area contributed by atoms with Crippen molar-refractivity contribution in [2.45, 2.75) is 142 Å². The molecule has 5 nitrogen and oxygen atoms in total. The van der Waals surface area contributed by atoms with Gasteiger partial charge >= 0.3 is 0 Å². The summed E-state index contributed by atoms with van der Waals surface area (Å²) >= 11 is 0. The van der Waals surface area contributed by atoms with Crippen LogP contribution in [0.2, 0.25) is 0 Å². The van der Waals surface area contributed by atoms with Gasteiger partial charge in [-0.25, -0.2) is 4.59 Å². The number of quaternary nitrogens is 1. The maximum Gasteiger partial charge on any atom is 0.267 e. The molecule has 0 aromatic carbocycles. The van der Waals surface area contributed by atoms with E-state index >= 15 is 0 Å². The van der Waals surface area contributed by atoms with Crippen molar-refractivity contribution in [1.29, 1.82) is 0 Å². The first kappa shape index (κ1) is 28.9. The van der Waals surface area contributed by atoms with Gasteiger partial charge in [0.15, 0.2) is 6.17 Å². The molecule has 1 aliphatic rings. The predicted molar refractivity (Wildman–Crippen MR) is 135 cm³/mol. The van der Waals surface area contributed by atoms with E-state index in [1.807, 2.05) is 19.1 Å². The molecule has 1 atom stereocenters. The molecule has 0 aliphatic carbocycles. The average molecular weight is 453 g/mol. The van der Waals surface area contributed by atoms with Crippen LogP contribution in [0.1, 0.15) is 136 Å². The lowest BCUT2D eigenvalue weighted by molar-refractivity contribution is -1.01. The van der Waals surface area contributed by atoms with Crippen molar-refractivity contribution in [2.75, 3.05) is 20.6 Å². The molecule has 1 fully saturated rings. The third-order valence-corrected chi connectivity index (χ3v) is 7.16. The molecule has 0 bridgehead atoms. The molecular formula is C27H54N3O2+. The lowest BCUT2D eigenvalue weighted by Gasteiger charge is -2.42. The van der Waals surface area contributed by atoms with Crippen LogP contribution in [0.5, 0.6) is 0 Å². The van der Waals surface area contributed by atoms with Crippen LogP contribution < -0.4 is 5.32 Å². The standard InChI is InChI=1S/C27H53N3O2/c1-5-7-8-9-10-11-12-13-14-15-16-17-18-19-20-22-26(31)28-25(6-2)30(3,4)29-24-21-23-27(29)32/h25H,5-24H2,1-4H3/p+1. The fraction of sp³-hybridized carbons (Fsp3) is 0.926. The largest absolute Gasteiger partial charge is 0.305 e. The van der Waals surface area contributed by atoms with Crippen LogP contribution in [0.25, 0.3) is 0 Å². The van der Waals surface area contributed by atoms with Gasteiger partial charge in [-0.15, -0.1) is 0 Å². The lowest BCUT2D eigenvalue weighted by Crippen LogP contribution is -2.65. The fourth-order valence-electron chi connectivity index (χ4n) is 4.97. The highest BCUT2D eigenvalue weighted by molar-refractivity contribution is 5.77. The molecule has 1 saturated heterocycles. The highest BCUT2D eigenvalue weighted by Gasteiger charge is 2.40. The number of carbonyl (C=O) groups is 2. The van der Waals surface area contributed by atoms with Crippen molar-refractivity contribution in [3.8, 4) is 0 Å². The van der Waals surface area contributed by atoms with Gasteiger partial charge < -0.3 is 5.32 Å². The normalized spacial score (nSPS) is 15.4. The van der Waals surface area contributed by atoms with Crippen molar-refractivity contribution in [3.63, 3.8) is 0 Å². The summed E-state index contributed by atoms with van der Waals surface area (Å²) in [4.78, 5) is 24.6. The molecule has 1 unspecified atom stereocenters. The molecule has 0 radical (unpaired) electrons. The molecule has 1 N–H and O–H groups in total. The second-order valence-electron chi connectivity index (χ2n) is 10.3. The SMILES string of the molecule is CCCCCCCCCCCCCCCCCC(=O)NC(CC)[N+](C)(C)N1CCCC1=O. The Bertz CT molecular complexity index is 507. The van der Waals surface area contributed by atoms with E-state index in [-0.39, 0.29) is 18.0 Å². The Kier molecular flexibility index (Phi) is 15.7. The van der Waals surface area contributed by atoms with Crippen molar-refractivity contribution >= 4 is 11.8 Å². The molecule has 0 spiro atoms. The number of amides is 2. The molecule has 5 heteroatoms. The molecule has 1 heterocycles. The lowest BCUT2D eigenvalue weighted by atomic mass is 10.0. The Morgan fingerprint density at radius 3 is 1.72 bits per heavy atom. The van der Waals surface area contributed by atoms with Crippen LogP contribution in [-0.4, -0.2) is 48.2 Å². The van der Waals surface area contributed by atoms with Gasteiger partial charge in [0.2, 0.25) is 5.91 Å². The third kappa shape index (κ3) is 11.7. The Balaban J connectivity index is 2.00. The summed E-state index contributed by atoms with van der Waals surface area (Å²) in [5.41, 5.74) is 0. The van der Waals surface area contributed by atoms with Crippen LogP contribution in [0.15, 0.2) is 0 Å². The maximum atomic E-state index is 12.5. The van der Waals surface area contributed by atoms with E-state index in [0.717, 1.165) is 32.2 Å². The number of carbonyl (C=O) groups excluding carboxylic acids is 2. The second kappa shape index (κ2) is 17.4. The van der Waals surface area contributed by atoms with Crippen LogP contribution in [0.4, 0.5) is 0 Å². The summed E-state index contributed by atoms with van der Waals surface area (Å²) in [6, 6.07) is 0. The van der Waals surface area contributed by atoms with Gasteiger partial charge in [-0.2, -0.15) is 5.01 Å². The number of nitrogens with zero attached hydrogens (tertiary/aromatic N) is 2. The molecule has 32 heavy (non-hydrogen) atoms. The van der Waals surface area contributed by atoms with Crippen LogP contribution in [0, 0.1) is 0 Å². The topological polar surface area (TPSA) is 49.4 Å². The van der Waals surface area contributed by atoms with E-state index in [0.29, 0.717) is 17.4 Å². The first-order valence-electron chi connectivity index (χ1n) is 13.9. The zero-order valence-electron chi connectivity index (χ0n) is 21.9. The number of unbranched alkanes of at least 4 members (excludes halogenated alkanes) is 14. The zero-order chi connectivity index (χ0) is 23.7. The molecule has 2 amide bonds. The van der Waals surface area contributed by atoms with Crippen molar-refractivity contribution in [3.05, 3.63) is 0 Å². The molecule has 0 aromatic rings. The molecule has 188 valence electrons. The minimum atomic E-state index is -0.0408. The van der Waals surface area contributed by atoms with E-state index in [1.54, 1.807) is 0 Å². The number of hydrogen-bond donors (Lipinski definition) is 1. The Morgan fingerprint density at radius 1 is 0.844 bits per heavy atom. The van der Waals surface area contributed by atoms with Crippen molar-refractivity contribution < 1.29 is 14.2 Å². The van der Waals surface area contributed by atoms with E-state index in [4.69, 9.17) is 0 Å². The maximum absolute atomic E-state index is 12.5. The molecular weight excluding hydrogens is 398 g/mol. The third-order valence-electron chi connectivity index (χ3n) is 7.16. The minimum absolute atomic E-state index is 0.0408. The summed E-state index contributed by atoms with van der Waals surface area (Å²) in [7, 11) is 4.07. The Hall–Kier alpha value is -1.10. The Labute approximate surface area is 199 Å². The summed E-state index contributed by atoms with van der Waals surface area (Å²) in [5, 5.41) is 5.10. The number of hydrogen-bond acceptors (Lipinski definition) is 2. The van der Waals surface area contributed by atoms with Crippen LogP contribution >= 0.6 is 0 Å². The van der Waals surface area contributed by atoms with Gasteiger partial charge in [0.05, 0.1) is 20.6 Å². The van der Waals surface area contributed by atoms with Gasteiger partial charge in [0, 0.05) is 19.3 Å². The van der Waals surface area contributed by atoms with Gasteiger partial charge in [0.1, 0.15) is 0 Å². The Morgan fingerprint density at radius 2 is 1.31 bits per heavy atom. The summed E-state index contributed by atoms with van der Waals surface area (Å²) in [5.74, 6) is 0.328. The minimum Gasteiger partial charge on any atom is -0.305 e. The number of rotatable bonds is 20. The molecule has 1 rings (SSSR count). The summed E-state index contributed by atoms with van der Waals surface area (Å²) < 4.78 is 0.430. The van der Waals surface area contributed by atoms with Gasteiger partial charge in [-0.1, -0.05) is 104 Å². The molecule has 0 saturated carbocycles. The number of nitrogens with one attached hydrogen (secondary N) is 1. The van der Waals surface area contributed by atoms with Crippen molar-refractivity contribution in [1.82, 2.24) is 10.3 Å². The quantitative estimate of drug-likeness (QED) is 0.127. The van der Waals surface area contributed by atoms with Gasteiger partial charge in [0.25, 0.3) is 5.91 Å². The first-order chi connectivity index (χ1) is 15.4. The van der Waals surface area contributed by atoms with E-state index < -0.39 is 0 Å². The van der Waals surface area contributed by atoms with E-state index in [1.165, 1.54) is 83.5 Å². The first-order valence-corrected chi connectivity index (χ1v) is 13.9. The van der Waals surface area contributed by atoms with E-state index in [9.17, 15) is 9.59 Å². The highest BCUT2D eigenvalue weighted by atomic mass is 16.2. The molecule has 1 aliphatic heterocycles. The van der Waals surface area contributed by atoms with Gasteiger partial charge in [-0.05, 0) is 12.8 Å². The summed E-state index contributed by atoms with van der Waals surface area (Å²) in [6.45, 7) is 5.15. The smallest absolute Gasteiger partial charge is 0.267 e. The average Bonchev–Trinajstić information content (AvgIpc) is 3.21. The van der Waals surface area contributed by atoms with Gasteiger partial charge in [-0.3, -0.25) is 9.59 Å². The predicted octanol–water partition coefficient (Wildman–Crippen LogP) is 6.71. The molecule has 0 aromatic heterocycles. The van der Waals surface area contributed by atoms with Crippen LogP contribution in [0.3, 0.4) is 0 Å². The monoisotopic (exact) mass is 452 g/mol. The second-order valence-corrected chi connectivity index (χ2v) is 10.3. The van der Waals surface area contributed by atoms with E-state index in [2.05, 4.69) is 19.2 Å².